The van der Waals surface area contributed by atoms with Crippen molar-refractivity contribution in [1.82, 2.24) is 14.2 Å². The van der Waals surface area contributed by atoms with Gasteiger partial charge in [-0.15, -0.1) is 0 Å². The zero-order chi connectivity index (χ0) is 25.6. The van der Waals surface area contributed by atoms with Gasteiger partial charge < -0.3 is 9.80 Å². The molecule has 2 aromatic carbocycles. The van der Waals surface area contributed by atoms with Gasteiger partial charge in [0.25, 0.3) is 0 Å². The van der Waals surface area contributed by atoms with Gasteiger partial charge in [-0.25, -0.2) is 8.42 Å². The summed E-state index contributed by atoms with van der Waals surface area (Å²) >= 11 is 6.14. The molecule has 3 aromatic rings. The summed E-state index contributed by atoms with van der Waals surface area (Å²) in [6.45, 7) is 8.42. The zero-order valence-electron chi connectivity index (χ0n) is 20.9. The molecule has 0 unspecified atom stereocenters. The first kappa shape index (κ1) is 25.0. The summed E-state index contributed by atoms with van der Waals surface area (Å²) in [5.41, 5.74) is 4.39. The van der Waals surface area contributed by atoms with Crippen LogP contribution in [-0.2, 0) is 14.8 Å². The number of hydrogen-bond acceptors (Lipinski definition) is 5. The third-order valence-corrected chi connectivity index (χ3v) is 9.72. The largest absolute Gasteiger partial charge is 0.367 e. The molecule has 0 N–H and O–H groups in total. The molecule has 1 amide bonds. The average molecular weight is 527 g/mol. The number of carbonyl (C=O) groups excluding carboxylic acids is 1. The van der Waals surface area contributed by atoms with Crippen LogP contribution in [0.5, 0.6) is 0 Å². The Hall–Kier alpha value is -2.68. The lowest BCUT2D eigenvalue weighted by Crippen LogP contribution is -2.54. The van der Waals surface area contributed by atoms with Gasteiger partial charge in [-0.05, 0) is 69.0 Å². The standard InChI is InChI=1S/C27H31ClN4O3S/c1-18-15-19(2)26(20(3)16-18)36(34,35)32-10-4-5-25(32)27(33)31-13-11-30(12-14-31)24-8-9-29-23-17-21(28)6-7-22(23)24/h6-9,15-17,25H,4-5,10-14H2,1-3H3/t25-/m1/s1. The van der Waals surface area contributed by atoms with Crippen LogP contribution in [0.15, 0.2) is 47.5 Å². The molecule has 2 aliphatic rings. The van der Waals surface area contributed by atoms with E-state index in [0.717, 1.165) is 33.3 Å². The molecule has 1 atom stereocenters. The van der Waals surface area contributed by atoms with Crippen LogP contribution in [0.3, 0.4) is 0 Å². The lowest BCUT2D eigenvalue weighted by molar-refractivity contribution is -0.134. The lowest BCUT2D eigenvalue weighted by Gasteiger charge is -2.38. The molecule has 2 aliphatic heterocycles. The molecule has 0 spiro atoms. The maximum atomic E-state index is 13.7. The highest BCUT2D eigenvalue weighted by molar-refractivity contribution is 7.89. The number of carbonyl (C=O) groups is 1. The van der Waals surface area contributed by atoms with E-state index < -0.39 is 16.1 Å². The van der Waals surface area contributed by atoms with Crippen molar-refractivity contribution in [2.24, 2.45) is 0 Å². The second-order valence-electron chi connectivity index (χ2n) is 9.81. The maximum Gasteiger partial charge on any atom is 0.244 e. The van der Waals surface area contributed by atoms with Crippen molar-refractivity contribution in [3.05, 3.63) is 64.3 Å². The number of sulfonamides is 1. The van der Waals surface area contributed by atoms with Gasteiger partial charge in [-0.3, -0.25) is 9.78 Å². The van der Waals surface area contributed by atoms with Crippen molar-refractivity contribution >= 4 is 44.1 Å². The van der Waals surface area contributed by atoms with Crippen LogP contribution in [0.4, 0.5) is 5.69 Å². The molecule has 7 nitrogen and oxygen atoms in total. The second kappa shape index (κ2) is 9.65. The number of aryl methyl sites for hydroxylation is 3. The van der Waals surface area contributed by atoms with E-state index in [9.17, 15) is 13.2 Å². The van der Waals surface area contributed by atoms with Gasteiger partial charge in [-0.2, -0.15) is 4.31 Å². The van der Waals surface area contributed by atoms with E-state index >= 15 is 0 Å². The third kappa shape index (κ3) is 4.46. The van der Waals surface area contributed by atoms with E-state index in [1.54, 1.807) is 6.20 Å². The molecule has 9 heteroatoms. The highest BCUT2D eigenvalue weighted by atomic mass is 35.5. The molecule has 0 saturated carbocycles. The van der Waals surface area contributed by atoms with Crippen LogP contribution in [0.1, 0.15) is 29.5 Å². The predicted octanol–water partition coefficient (Wildman–Crippen LogP) is 4.32. The van der Waals surface area contributed by atoms with E-state index in [2.05, 4.69) is 9.88 Å². The van der Waals surface area contributed by atoms with E-state index in [1.165, 1.54) is 4.31 Å². The van der Waals surface area contributed by atoms with Crippen molar-refractivity contribution in [2.45, 2.75) is 44.6 Å². The Balaban J connectivity index is 1.33. The van der Waals surface area contributed by atoms with Crippen molar-refractivity contribution < 1.29 is 13.2 Å². The SMILES string of the molecule is Cc1cc(C)c(S(=O)(=O)N2CCC[C@@H]2C(=O)N2CCN(c3ccnc4cc(Cl)ccc34)CC2)c(C)c1. The molecular formula is C27H31ClN4O3S. The molecule has 3 heterocycles. The maximum absolute atomic E-state index is 13.7. The molecule has 1 aromatic heterocycles. The van der Waals surface area contributed by atoms with E-state index in [4.69, 9.17) is 11.6 Å². The molecular weight excluding hydrogens is 496 g/mol. The van der Waals surface area contributed by atoms with Crippen LogP contribution in [0, 0.1) is 20.8 Å². The fourth-order valence-corrected chi connectivity index (χ4v) is 7.96. The van der Waals surface area contributed by atoms with Crippen molar-refractivity contribution in [1.29, 1.82) is 0 Å². The fraction of sp³-hybridized carbons (Fsp3) is 0.407. The molecule has 36 heavy (non-hydrogen) atoms. The number of halogens is 1. The number of piperazine rings is 1. The number of fused-ring (bicyclic) bond motifs is 1. The summed E-state index contributed by atoms with van der Waals surface area (Å²) in [7, 11) is -3.77. The molecule has 0 aliphatic carbocycles. The molecule has 0 bridgehead atoms. The summed E-state index contributed by atoms with van der Waals surface area (Å²) in [5, 5.41) is 1.67. The van der Waals surface area contributed by atoms with Crippen molar-refractivity contribution in [3.8, 4) is 0 Å². The van der Waals surface area contributed by atoms with E-state index in [1.807, 2.05) is 62.1 Å². The summed E-state index contributed by atoms with van der Waals surface area (Å²) in [6, 6.07) is 10.8. The molecule has 5 rings (SSSR count). The van der Waals surface area contributed by atoms with Crippen LogP contribution in [-0.4, -0.2) is 67.3 Å². The average Bonchev–Trinajstić information content (AvgIpc) is 3.33. The Bertz CT molecular complexity index is 1410. The fourth-order valence-electron chi connectivity index (χ4n) is 5.73. The normalized spacial score (nSPS) is 19.3. The van der Waals surface area contributed by atoms with Crippen LogP contribution in [0.2, 0.25) is 5.02 Å². The first-order valence-electron chi connectivity index (χ1n) is 12.3. The molecule has 0 radical (unpaired) electrons. The van der Waals surface area contributed by atoms with Gasteiger partial charge >= 0.3 is 0 Å². The minimum atomic E-state index is -3.77. The summed E-state index contributed by atoms with van der Waals surface area (Å²) in [5.74, 6) is -0.0930. The third-order valence-electron chi connectivity index (χ3n) is 7.27. The monoisotopic (exact) mass is 526 g/mol. The Morgan fingerprint density at radius 2 is 1.67 bits per heavy atom. The smallest absolute Gasteiger partial charge is 0.244 e. The topological polar surface area (TPSA) is 73.8 Å². The minimum Gasteiger partial charge on any atom is -0.367 e. The Kier molecular flexibility index (Phi) is 6.70. The first-order chi connectivity index (χ1) is 17.2. The number of anilines is 1. The van der Waals surface area contributed by atoms with Gasteiger partial charge in [0.15, 0.2) is 0 Å². The number of nitrogens with zero attached hydrogens (tertiary/aromatic N) is 4. The van der Waals surface area contributed by atoms with Gasteiger partial charge in [0.1, 0.15) is 6.04 Å². The predicted molar refractivity (Wildman–Crippen MR) is 143 cm³/mol. The number of benzene rings is 2. The number of rotatable bonds is 4. The van der Waals surface area contributed by atoms with E-state index in [0.29, 0.717) is 55.5 Å². The summed E-state index contributed by atoms with van der Waals surface area (Å²) in [6.07, 6.45) is 3.02. The summed E-state index contributed by atoms with van der Waals surface area (Å²) < 4.78 is 28.8. The van der Waals surface area contributed by atoms with Crippen LogP contribution < -0.4 is 4.90 Å². The molecule has 190 valence electrons. The molecule has 2 fully saturated rings. The highest BCUT2D eigenvalue weighted by Crippen LogP contribution is 2.32. The minimum absolute atomic E-state index is 0.0930. The van der Waals surface area contributed by atoms with Crippen LogP contribution >= 0.6 is 11.6 Å². The Morgan fingerprint density at radius 1 is 0.972 bits per heavy atom. The molecule has 2 saturated heterocycles. The Labute approximate surface area is 217 Å². The van der Waals surface area contributed by atoms with Gasteiger partial charge in [0.05, 0.1) is 10.4 Å². The van der Waals surface area contributed by atoms with E-state index in [-0.39, 0.29) is 5.91 Å². The highest BCUT2D eigenvalue weighted by Gasteiger charge is 2.42. The van der Waals surface area contributed by atoms with Crippen LogP contribution in [0.25, 0.3) is 10.9 Å². The van der Waals surface area contributed by atoms with Crippen molar-refractivity contribution in [2.75, 3.05) is 37.6 Å². The zero-order valence-corrected chi connectivity index (χ0v) is 22.4. The lowest BCUT2D eigenvalue weighted by atomic mass is 10.1. The summed E-state index contributed by atoms with van der Waals surface area (Å²) in [4.78, 5) is 22.4. The second-order valence-corrected chi connectivity index (χ2v) is 12.1. The van der Waals surface area contributed by atoms with Crippen molar-refractivity contribution in [3.63, 3.8) is 0 Å². The first-order valence-corrected chi connectivity index (χ1v) is 14.2. The number of amides is 1. The quantitative estimate of drug-likeness (QED) is 0.506. The Morgan fingerprint density at radius 3 is 2.36 bits per heavy atom. The number of aromatic nitrogens is 1. The van der Waals surface area contributed by atoms with Gasteiger partial charge in [0.2, 0.25) is 15.9 Å². The van der Waals surface area contributed by atoms with Gasteiger partial charge in [-0.1, -0.05) is 29.3 Å². The van der Waals surface area contributed by atoms with Gasteiger partial charge in [0, 0.05) is 55.0 Å². The number of hydrogen-bond donors (Lipinski definition) is 0. The number of pyridine rings is 1.